The van der Waals surface area contributed by atoms with Gasteiger partial charge in [-0.05, 0) is 30.4 Å². The average Bonchev–Trinajstić information content (AvgIpc) is 3.28. The van der Waals surface area contributed by atoms with E-state index in [1.165, 1.54) is 12.2 Å². The van der Waals surface area contributed by atoms with Crippen LogP contribution in [0.2, 0.25) is 0 Å². The number of carbonyl (C=O) groups is 2. The van der Waals surface area contributed by atoms with Gasteiger partial charge in [0.2, 0.25) is 12.2 Å². The third-order valence-electron chi connectivity index (χ3n) is 4.50. The minimum Gasteiger partial charge on any atom is -0.461 e. The van der Waals surface area contributed by atoms with Crippen LogP contribution in [-0.4, -0.2) is 50.4 Å². The maximum Gasteiger partial charge on any atom is 0.310 e. The molecule has 4 unspecified atom stereocenters. The highest BCUT2D eigenvalue weighted by Crippen LogP contribution is 2.49. The van der Waals surface area contributed by atoms with Crippen molar-refractivity contribution < 1.29 is 28.7 Å². The van der Waals surface area contributed by atoms with Crippen molar-refractivity contribution in [1.82, 2.24) is 0 Å². The number of isocyanates is 2. The molecular weight excluding hydrogens is 352 g/mol. The molecule has 4 atom stereocenters. The predicted molar refractivity (Wildman–Crippen MR) is 93.9 cm³/mol. The van der Waals surface area contributed by atoms with E-state index >= 15 is 0 Å². The van der Waals surface area contributed by atoms with E-state index in [4.69, 9.17) is 9.47 Å². The van der Waals surface area contributed by atoms with E-state index in [0.717, 1.165) is 6.42 Å². The number of rotatable bonds is 10. The number of hydrogen-bond acceptors (Lipinski definition) is 8. The molecule has 2 aliphatic rings. The Hall–Kier alpha value is -3.08. The number of aliphatic imine (C=N–C) groups is 2. The van der Waals surface area contributed by atoms with Crippen molar-refractivity contribution in [3.8, 4) is 0 Å². The Balaban J connectivity index is 1.87. The van der Waals surface area contributed by atoms with Crippen molar-refractivity contribution in [3.05, 3.63) is 36.5 Å². The largest absolute Gasteiger partial charge is 0.461 e. The molecule has 0 aliphatic heterocycles. The van der Waals surface area contributed by atoms with Crippen LogP contribution in [0.4, 0.5) is 0 Å². The molecule has 0 saturated heterocycles. The van der Waals surface area contributed by atoms with Crippen molar-refractivity contribution in [3.63, 3.8) is 0 Å². The zero-order valence-corrected chi connectivity index (χ0v) is 14.7. The fourth-order valence-electron chi connectivity index (χ4n) is 3.38. The predicted octanol–water partition coefficient (Wildman–Crippen LogP) is 1.30. The van der Waals surface area contributed by atoms with Crippen LogP contribution >= 0.6 is 0 Å². The maximum absolute atomic E-state index is 12.4. The summed E-state index contributed by atoms with van der Waals surface area (Å²) in [4.78, 5) is 51.5. The van der Waals surface area contributed by atoms with Gasteiger partial charge in [-0.3, -0.25) is 9.59 Å². The van der Waals surface area contributed by atoms with Gasteiger partial charge in [0.25, 0.3) is 0 Å². The summed E-state index contributed by atoms with van der Waals surface area (Å²) in [6.07, 6.45) is 13.8. The van der Waals surface area contributed by atoms with Crippen LogP contribution in [0.3, 0.4) is 0 Å². The lowest BCUT2D eigenvalue weighted by Crippen LogP contribution is -2.35. The van der Waals surface area contributed by atoms with Crippen LogP contribution in [0.15, 0.2) is 46.4 Å². The molecule has 0 spiro atoms. The monoisotopic (exact) mass is 372 g/mol. The number of hydrogen-bond donors (Lipinski definition) is 0. The summed E-state index contributed by atoms with van der Waals surface area (Å²) >= 11 is 0. The normalized spacial score (nSPS) is 25.3. The lowest BCUT2D eigenvalue weighted by atomic mass is 9.83. The summed E-state index contributed by atoms with van der Waals surface area (Å²) in [5.41, 5.74) is 0. The second kappa shape index (κ2) is 10.8. The summed E-state index contributed by atoms with van der Waals surface area (Å²) in [6.45, 7) is 0.455. The fourth-order valence-corrected chi connectivity index (χ4v) is 3.38. The van der Waals surface area contributed by atoms with Gasteiger partial charge in [0.1, 0.15) is 13.2 Å². The van der Waals surface area contributed by atoms with E-state index in [0.29, 0.717) is 0 Å². The zero-order valence-electron chi connectivity index (χ0n) is 14.7. The average molecular weight is 372 g/mol. The first-order chi connectivity index (χ1) is 13.2. The molecule has 8 nitrogen and oxygen atoms in total. The van der Waals surface area contributed by atoms with Crippen molar-refractivity contribution in [2.24, 2.45) is 33.7 Å². The second-order valence-corrected chi connectivity index (χ2v) is 6.07. The van der Waals surface area contributed by atoms with Gasteiger partial charge in [-0.15, -0.1) is 0 Å². The molecular formula is C19H20N2O6. The van der Waals surface area contributed by atoms with Crippen LogP contribution in [0.5, 0.6) is 0 Å². The molecule has 2 aliphatic carbocycles. The van der Waals surface area contributed by atoms with Gasteiger partial charge in [-0.25, -0.2) is 19.6 Å². The topological polar surface area (TPSA) is 111 Å². The summed E-state index contributed by atoms with van der Waals surface area (Å²) < 4.78 is 10.5. The van der Waals surface area contributed by atoms with Gasteiger partial charge >= 0.3 is 11.9 Å². The maximum atomic E-state index is 12.4. The van der Waals surface area contributed by atoms with Crippen LogP contribution in [-0.2, 0) is 28.7 Å². The van der Waals surface area contributed by atoms with Gasteiger partial charge in [0.05, 0.1) is 24.9 Å². The number of nitrogens with zero attached hydrogens (tertiary/aromatic N) is 2. The lowest BCUT2D eigenvalue weighted by Gasteiger charge is -2.24. The number of esters is 2. The molecule has 0 radical (unpaired) electrons. The van der Waals surface area contributed by atoms with Crippen molar-refractivity contribution >= 4 is 24.1 Å². The summed E-state index contributed by atoms with van der Waals surface area (Å²) in [5.74, 6) is -2.04. The molecule has 0 aromatic rings. The first-order valence-electron chi connectivity index (χ1n) is 8.58. The zero-order chi connectivity index (χ0) is 19.5. The number of carbonyl (C=O) groups excluding carboxylic acids is 4. The Morgan fingerprint density at radius 3 is 1.70 bits per heavy atom. The fraction of sp³-hybridized carbons (Fsp3) is 0.474. The third kappa shape index (κ3) is 5.71. The molecule has 2 bridgehead atoms. The highest BCUT2D eigenvalue weighted by Gasteiger charge is 2.52. The summed E-state index contributed by atoms with van der Waals surface area (Å²) in [7, 11) is 0. The minimum absolute atomic E-state index is 0.0267. The SMILES string of the molecule is O=C=NCC=CCOC(=O)C1C2C=CC(C2)C1C(=O)OCC=CCN=C=O. The Morgan fingerprint density at radius 2 is 1.30 bits per heavy atom. The molecule has 1 fully saturated rings. The van der Waals surface area contributed by atoms with Gasteiger partial charge < -0.3 is 9.47 Å². The van der Waals surface area contributed by atoms with Crippen LogP contribution < -0.4 is 0 Å². The Morgan fingerprint density at radius 1 is 0.852 bits per heavy atom. The molecule has 0 N–H and O–H groups in total. The lowest BCUT2D eigenvalue weighted by molar-refractivity contribution is -0.160. The Labute approximate surface area is 156 Å². The Bertz CT molecular complexity index is 668. The van der Waals surface area contributed by atoms with E-state index in [2.05, 4.69) is 9.98 Å². The first-order valence-corrected chi connectivity index (χ1v) is 8.58. The first kappa shape index (κ1) is 20.2. The van der Waals surface area contributed by atoms with E-state index in [-0.39, 0.29) is 38.1 Å². The van der Waals surface area contributed by atoms with Crippen LogP contribution in [0, 0.1) is 23.7 Å². The van der Waals surface area contributed by atoms with Crippen molar-refractivity contribution in [1.29, 1.82) is 0 Å². The highest BCUT2D eigenvalue weighted by atomic mass is 16.5. The molecule has 0 aromatic carbocycles. The van der Waals surface area contributed by atoms with Gasteiger partial charge in [0.15, 0.2) is 0 Å². The molecule has 27 heavy (non-hydrogen) atoms. The molecule has 142 valence electrons. The second-order valence-electron chi connectivity index (χ2n) is 6.07. The summed E-state index contributed by atoms with van der Waals surface area (Å²) in [5, 5.41) is 0. The van der Waals surface area contributed by atoms with Gasteiger partial charge in [-0.1, -0.05) is 24.3 Å². The molecule has 0 amide bonds. The van der Waals surface area contributed by atoms with Crippen LogP contribution in [0.1, 0.15) is 6.42 Å². The molecule has 2 rings (SSSR count). The smallest absolute Gasteiger partial charge is 0.310 e. The number of allylic oxidation sites excluding steroid dienone is 2. The molecule has 1 saturated carbocycles. The van der Waals surface area contributed by atoms with Crippen molar-refractivity contribution in [2.45, 2.75) is 6.42 Å². The quantitative estimate of drug-likeness (QED) is 0.247. The molecule has 0 aromatic heterocycles. The van der Waals surface area contributed by atoms with Crippen LogP contribution in [0.25, 0.3) is 0 Å². The van der Waals surface area contributed by atoms with E-state index < -0.39 is 23.8 Å². The highest BCUT2D eigenvalue weighted by molar-refractivity contribution is 5.84. The molecule has 8 heteroatoms. The standard InChI is InChI=1S/C19H20N2O6/c22-12-20-7-1-3-9-26-18(24)16-14-5-6-15(11-14)17(16)19(25)27-10-4-2-8-21-13-23/h1-6,14-17H,7-11H2. The van der Waals surface area contributed by atoms with E-state index in [1.54, 1.807) is 24.3 Å². The number of fused-ring (bicyclic) bond motifs is 2. The third-order valence-corrected chi connectivity index (χ3v) is 4.50. The van der Waals surface area contributed by atoms with E-state index in [1.807, 2.05) is 12.2 Å². The molecule has 0 heterocycles. The number of ether oxygens (including phenoxy) is 2. The minimum atomic E-state index is -0.558. The van der Waals surface area contributed by atoms with Gasteiger partial charge in [0, 0.05) is 0 Å². The van der Waals surface area contributed by atoms with Gasteiger partial charge in [-0.2, -0.15) is 0 Å². The van der Waals surface area contributed by atoms with Crippen molar-refractivity contribution in [2.75, 3.05) is 26.3 Å². The summed E-state index contributed by atoms with van der Waals surface area (Å²) in [6, 6.07) is 0. The van der Waals surface area contributed by atoms with E-state index in [9.17, 15) is 19.2 Å². The Kier molecular flexibility index (Phi) is 8.10.